The summed E-state index contributed by atoms with van der Waals surface area (Å²) in [6.45, 7) is 4.38. The predicted molar refractivity (Wildman–Crippen MR) is 83.8 cm³/mol. The average Bonchev–Trinajstić information content (AvgIpc) is 2.47. The molecular weight excluding hydrogens is 266 g/mol. The van der Waals surface area contributed by atoms with Crippen LogP contribution in [0.4, 0.5) is 5.69 Å². The van der Waals surface area contributed by atoms with Crippen LogP contribution < -0.4 is 15.2 Å². The molecule has 1 atom stereocenters. The maximum absolute atomic E-state index is 9.92. The molecule has 0 aliphatic rings. The van der Waals surface area contributed by atoms with Crippen molar-refractivity contribution < 1.29 is 14.6 Å². The molecule has 0 aromatic heterocycles. The average molecular weight is 287 g/mol. The minimum Gasteiger partial charge on any atom is -0.491 e. The lowest BCUT2D eigenvalue weighted by Gasteiger charge is -2.15. The normalized spacial score (nSPS) is 12.0. The lowest BCUT2D eigenvalue weighted by molar-refractivity contribution is 0.0624. The summed E-state index contributed by atoms with van der Waals surface area (Å²) in [5, 5.41) is 9.92. The second-order valence-corrected chi connectivity index (χ2v) is 5.05. The number of aliphatic hydroxyl groups is 1. The van der Waals surface area contributed by atoms with Crippen LogP contribution in [0.1, 0.15) is 11.1 Å². The maximum Gasteiger partial charge on any atom is 0.122 e. The topological polar surface area (TPSA) is 64.7 Å². The molecule has 0 saturated carbocycles. The number of aliphatic hydroxyl groups excluding tert-OH is 1. The van der Waals surface area contributed by atoms with Gasteiger partial charge in [-0.05, 0) is 43.2 Å². The number of nitrogen functional groups attached to an aromatic ring is 1. The van der Waals surface area contributed by atoms with Crippen molar-refractivity contribution in [1.29, 1.82) is 0 Å². The van der Waals surface area contributed by atoms with Crippen molar-refractivity contribution in [2.24, 2.45) is 0 Å². The second kappa shape index (κ2) is 6.99. The summed E-state index contributed by atoms with van der Waals surface area (Å²) < 4.78 is 11.1. The zero-order valence-electron chi connectivity index (χ0n) is 12.4. The van der Waals surface area contributed by atoms with Crippen molar-refractivity contribution in [1.82, 2.24) is 0 Å². The van der Waals surface area contributed by atoms with Crippen molar-refractivity contribution >= 4 is 5.69 Å². The minimum absolute atomic E-state index is 0.161. The van der Waals surface area contributed by atoms with Crippen molar-refractivity contribution in [3.63, 3.8) is 0 Å². The van der Waals surface area contributed by atoms with Crippen molar-refractivity contribution in [3.05, 3.63) is 53.6 Å². The third-order valence-corrected chi connectivity index (χ3v) is 3.29. The van der Waals surface area contributed by atoms with Gasteiger partial charge in [-0.2, -0.15) is 0 Å². The summed E-state index contributed by atoms with van der Waals surface area (Å²) >= 11 is 0. The fourth-order valence-corrected chi connectivity index (χ4v) is 1.91. The van der Waals surface area contributed by atoms with Gasteiger partial charge in [0.2, 0.25) is 0 Å². The van der Waals surface area contributed by atoms with Gasteiger partial charge >= 0.3 is 0 Å². The van der Waals surface area contributed by atoms with E-state index in [1.54, 1.807) is 18.2 Å². The van der Waals surface area contributed by atoms with E-state index in [2.05, 4.69) is 0 Å². The van der Waals surface area contributed by atoms with Gasteiger partial charge < -0.3 is 20.3 Å². The first-order valence-corrected chi connectivity index (χ1v) is 6.91. The minimum atomic E-state index is -0.702. The number of hydrogen-bond acceptors (Lipinski definition) is 4. The lowest BCUT2D eigenvalue weighted by atomic mass is 10.1. The van der Waals surface area contributed by atoms with E-state index in [1.807, 2.05) is 38.1 Å². The number of anilines is 1. The van der Waals surface area contributed by atoms with Gasteiger partial charge in [0.1, 0.15) is 30.8 Å². The van der Waals surface area contributed by atoms with Gasteiger partial charge in [-0.15, -0.1) is 0 Å². The molecular formula is C17H21NO3. The zero-order chi connectivity index (χ0) is 15.2. The molecule has 1 unspecified atom stereocenters. The molecule has 4 heteroatoms. The van der Waals surface area contributed by atoms with Crippen LogP contribution in [0.2, 0.25) is 0 Å². The van der Waals surface area contributed by atoms with Crippen LogP contribution in [0, 0.1) is 13.8 Å². The van der Waals surface area contributed by atoms with Crippen LogP contribution >= 0.6 is 0 Å². The van der Waals surface area contributed by atoms with Gasteiger partial charge in [0.25, 0.3) is 0 Å². The van der Waals surface area contributed by atoms with E-state index < -0.39 is 6.10 Å². The van der Waals surface area contributed by atoms with E-state index in [0.717, 1.165) is 16.9 Å². The number of aryl methyl sites for hydroxylation is 1. The third-order valence-electron chi connectivity index (χ3n) is 3.29. The van der Waals surface area contributed by atoms with Gasteiger partial charge in [0, 0.05) is 11.8 Å². The number of nitrogens with two attached hydrogens (primary N) is 1. The highest BCUT2D eigenvalue weighted by atomic mass is 16.5. The van der Waals surface area contributed by atoms with Crippen molar-refractivity contribution in [3.8, 4) is 11.5 Å². The highest BCUT2D eigenvalue weighted by molar-refractivity contribution is 5.43. The summed E-state index contributed by atoms with van der Waals surface area (Å²) in [5.41, 5.74) is 8.55. The first-order chi connectivity index (χ1) is 10.1. The lowest BCUT2D eigenvalue weighted by Crippen LogP contribution is -2.25. The van der Waals surface area contributed by atoms with E-state index in [-0.39, 0.29) is 13.2 Å². The van der Waals surface area contributed by atoms with Crippen LogP contribution in [0.3, 0.4) is 0 Å². The largest absolute Gasteiger partial charge is 0.491 e. The number of rotatable bonds is 6. The van der Waals surface area contributed by atoms with E-state index in [0.29, 0.717) is 11.4 Å². The molecule has 0 spiro atoms. The summed E-state index contributed by atoms with van der Waals surface area (Å²) in [7, 11) is 0. The number of hydrogen-bond donors (Lipinski definition) is 2. The smallest absolute Gasteiger partial charge is 0.122 e. The maximum atomic E-state index is 9.92. The Bertz CT molecular complexity index is 598. The molecule has 112 valence electrons. The zero-order valence-corrected chi connectivity index (χ0v) is 12.4. The van der Waals surface area contributed by atoms with Gasteiger partial charge in [0.15, 0.2) is 0 Å². The molecule has 0 fully saturated rings. The number of ether oxygens (including phenoxy) is 2. The second-order valence-electron chi connectivity index (χ2n) is 5.05. The molecule has 0 heterocycles. The summed E-state index contributed by atoms with van der Waals surface area (Å²) in [4.78, 5) is 0. The molecule has 0 radical (unpaired) electrons. The Morgan fingerprint density at radius 1 is 1.05 bits per heavy atom. The Hall–Kier alpha value is -2.20. The Morgan fingerprint density at radius 2 is 1.76 bits per heavy atom. The Morgan fingerprint density at radius 3 is 2.52 bits per heavy atom. The van der Waals surface area contributed by atoms with Crippen LogP contribution in [-0.4, -0.2) is 24.4 Å². The molecule has 2 rings (SSSR count). The highest BCUT2D eigenvalue weighted by Crippen LogP contribution is 2.20. The van der Waals surface area contributed by atoms with Crippen LogP contribution in [0.25, 0.3) is 0 Å². The molecule has 21 heavy (non-hydrogen) atoms. The Labute approximate surface area is 125 Å². The van der Waals surface area contributed by atoms with E-state index in [9.17, 15) is 5.11 Å². The first-order valence-electron chi connectivity index (χ1n) is 6.91. The van der Waals surface area contributed by atoms with E-state index >= 15 is 0 Å². The monoisotopic (exact) mass is 287 g/mol. The molecule has 3 N–H and O–H groups in total. The Kier molecular flexibility index (Phi) is 5.06. The molecule has 0 amide bonds. The summed E-state index contributed by atoms with van der Waals surface area (Å²) in [6, 6.07) is 13.0. The first kappa shape index (κ1) is 15.2. The molecule has 2 aromatic carbocycles. The van der Waals surface area contributed by atoms with Crippen LogP contribution in [-0.2, 0) is 0 Å². The van der Waals surface area contributed by atoms with Gasteiger partial charge in [-0.3, -0.25) is 0 Å². The molecule has 4 nitrogen and oxygen atoms in total. The van der Waals surface area contributed by atoms with E-state index in [1.165, 1.54) is 0 Å². The van der Waals surface area contributed by atoms with Crippen LogP contribution in [0.15, 0.2) is 42.5 Å². The summed E-state index contributed by atoms with van der Waals surface area (Å²) in [6.07, 6.45) is -0.702. The SMILES string of the molecule is Cc1cccc(OCC(O)COc2cccc(N)c2)c1C. The van der Waals surface area contributed by atoms with Gasteiger partial charge in [-0.1, -0.05) is 18.2 Å². The standard InChI is InChI=1S/C17H21NO3/c1-12-5-3-8-17(13(12)2)21-11-15(19)10-20-16-7-4-6-14(18)9-16/h3-9,15,19H,10-11,18H2,1-2H3. The quantitative estimate of drug-likeness (QED) is 0.802. The summed E-state index contributed by atoms with van der Waals surface area (Å²) in [5.74, 6) is 1.43. The predicted octanol–water partition coefficient (Wildman–Crippen LogP) is 2.70. The Balaban J connectivity index is 1.82. The number of benzene rings is 2. The van der Waals surface area contributed by atoms with Crippen molar-refractivity contribution in [2.45, 2.75) is 20.0 Å². The fourth-order valence-electron chi connectivity index (χ4n) is 1.91. The van der Waals surface area contributed by atoms with E-state index in [4.69, 9.17) is 15.2 Å². The highest BCUT2D eigenvalue weighted by Gasteiger charge is 2.08. The van der Waals surface area contributed by atoms with Gasteiger partial charge in [-0.25, -0.2) is 0 Å². The fraction of sp³-hybridized carbons (Fsp3) is 0.294. The molecule has 0 aliphatic carbocycles. The molecule has 0 saturated heterocycles. The van der Waals surface area contributed by atoms with Crippen molar-refractivity contribution in [2.75, 3.05) is 18.9 Å². The molecule has 0 aliphatic heterocycles. The molecule has 0 bridgehead atoms. The van der Waals surface area contributed by atoms with Gasteiger partial charge in [0.05, 0.1) is 0 Å². The van der Waals surface area contributed by atoms with Crippen LogP contribution in [0.5, 0.6) is 11.5 Å². The molecule has 2 aromatic rings. The third kappa shape index (κ3) is 4.39.